The van der Waals surface area contributed by atoms with Gasteiger partial charge in [0.2, 0.25) is 0 Å². The van der Waals surface area contributed by atoms with E-state index in [1.165, 1.54) is 0 Å². The summed E-state index contributed by atoms with van der Waals surface area (Å²) in [6.07, 6.45) is 3.68. The van der Waals surface area contributed by atoms with Gasteiger partial charge in [0.1, 0.15) is 12.4 Å². The van der Waals surface area contributed by atoms with Gasteiger partial charge in [0.15, 0.2) is 0 Å². The van der Waals surface area contributed by atoms with Gasteiger partial charge >= 0.3 is 0 Å². The second-order valence-corrected chi connectivity index (χ2v) is 4.77. The van der Waals surface area contributed by atoms with Gasteiger partial charge in [-0.15, -0.1) is 0 Å². The van der Waals surface area contributed by atoms with E-state index in [-0.39, 0.29) is 12.5 Å². The zero-order chi connectivity index (χ0) is 14.7. The number of aliphatic hydroxyl groups is 1. The quantitative estimate of drug-likeness (QED) is 0.790. The summed E-state index contributed by atoms with van der Waals surface area (Å²) in [4.78, 5) is 18.7. The van der Waals surface area contributed by atoms with Crippen molar-refractivity contribution in [2.75, 3.05) is 13.2 Å². The Morgan fingerprint density at radius 3 is 3.05 bits per heavy atom. The van der Waals surface area contributed by atoms with E-state index in [4.69, 9.17) is 5.11 Å². The number of nitrogens with zero attached hydrogens (tertiary/aromatic N) is 3. The molecule has 1 aliphatic heterocycles. The monoisotopic (exact) mass is 281 g/mol. The Bertz CT molecular complexity index is 724. The highest BCUT2D eigenvalue weighted by Crippen LogP contribution is 2.16. The molecule has 0 unspecified atom stereocenters. The topological polar surface area (TPSA) is 58.4 Å². The number of rotatable bonds is 1. The van der Waals surface area contributed by atoms with E-state index in [2.05, 4.69) is 21.4 Å². The average molecular weight is 281 g/mol. The van der Waals surface area contributed by atoms with Crippen molar-refractivity contribution < 1.29 is 9.90 Å². The van der Waals surface area contributed by atoms with Gasteiger partial charge in [0.05, 0.1) is 12.1 Å². The zero-order valence-electron chi connectivity index (χ0n) is 11.5. The fourth-order valence-electron chi connectivity index (χ4n) is 2.43. The predicted molar refractivity (Wildman–Crippen MR) is 77.4 cm³/mol. The van der Waals surface area contributed by atoms with E-state index >= 15 is 0 Å². The highest BCUT2D eigenvalue weighted by atomic mass is 16.2. The maximum absolute atomic E-state index is 12.7. The molecule has 2 heterocycles. The molecule has 0 atom stereocenters. The molecule has 0 saturated carbocycles. The van der Waals surface area contributed by atoms with Gasteiger partial charge in [-0.1, -0.05) is 24.0 Å². The number of amides is 1. The zero-order valence-corrected chi connectivity index (χ0v) is 11.5. The van der Waals surface area contributed by atoms with E-state index in [1.54, 1.807) is 23.2 Å². The SMILES string of the molecule is O=C(c1ccccc1C#CCO)N1CCn2ccnc2C1. The number of benzene rings is 1. The number of carbonyl (C=O) groups is 1. The van der Waals surface area contributed by atoms with E-state index in [0.717, 1.165) is 12.4 Å². The summed E-state index contributed by atoms with van der Waals surface area (Å²) in [5.41, 5.74) is 1.21. The van der Waals surface area contributed by atoms with Crippen LogP contribution in [0.4, 0.5) is 0 Å². The average Bonchev–Trinajstić information content (AvgIpc) is 3.00. The van der Waals surface area contributed by atoms with E-state index in [1.807, 2.05) is 18.3 Å². The van der Waals surface area contributed by atoms with E-state index < -0.39 is 0 Å². The summed E-state index contributed by atoms with van der Waals surface area (Å²) in [5.74, 6) is 6.27. The summed E-state index contributed by atoms with van der Waals surface area (Å²) < 4.78 is 2.06. The Morgan fingerprint density at radius 2 is 2.19 bits per heavy atom. The molecule has 1 aliphatic rings. The molecule has 1 aromatic heterocycles. The lowest BCUT2D eigenvalue weighted by Gasteiger charge is -2.28. The largest absolute Gasteiger partial charge is 0.384 e. The number of aromatic nitrogens is 2. The number of fused-ring (bicyclic) bond motifs is 1. The molecule has 1 amide bonds. The number of imidazole rings is 1. The predicted octanol–water partition coefficient (Wildman–Crippen LogP) is 0.883. The van der Waals surface area contributed by atoms with Crippen molar-refractivity contribution in [3.05, 3.63) is 53.6 Å². The van der Waals surface area contributed by atoms with Crippen molar-refractivity contribution in [2.24, 2.45) is 0 Å². The lowest BCUT2D eigenvalue weighted by molar-refractivity contribution is 0.0707. The summed E-state index contributed by atoms with van der Waals surface area (Å²) in [6.45, 7) is 1.70. The fourth-order valence-corrected chi connectivity index (χ4v) is 2.43. The second-order valence-electron chi connectivity index (χ2n) is 4.77. The molecule has 5 nitrogen and oxygen atoms in total. The van der Waals surface area contributed by atoms with Crippen LogP contribution in [0, 0.1) is 11.8 Å². The van der Waals surface area contributed by atoms with Crippen molar-refractivity contribution in [1.29, 1.82) is 0 Å². The Balaban J connectivity index is 1.86. The minimum atomic E-state index is -0.219. The summed E-state index contributed by atoms with van der Waals surface area (Å²) >= 11 is 0. The van der Waals surface area contributed by atoms with Crippen LogP contribution >= 0.6 is 0 Å². The molecular formula is C16H15N3O2. The first-order valence-corrected chi connectivity index (χ1v) is 6.77. The Morgan fingerprint density at radius 1 is 1.33 bits per heavy atom. The van der Waals surface area contributed by atoms with Gasteiger partial charge in [0.25, 0.3) is 5.91 Å². The first kappa shape index (κ1) is 13.4. The number of aliphatic hydroxyl groups excluding tert-OH is 1. The van der Waals surface area contributed by atoms with Gasteiger partial charge in [-0.25, -0.2) is 4.98 Å². The van der Waals surface area contributed by atoms with Crippen LogP contribution in [0.3, 0.4) is 0 Å². The molecule has 21 heavy (non-hydrogen) atoms. The van der Waals surface area contributed by atoms with Crippen LogP contribution in [0.5, 0.6) is 0 Å². The highest BCUT2D eigenvalue weighted by molar-refractivity contribution is 5.96. The highest BCUT2D eigenvalue weighted by Gasteiger charge is 2.23. The van der Waals surface area contributed by atoms with Crippen LogP contribution in [0.15, 0.2) is 36.7 Å². The van der Waals surface area contributed by atoms with E-state index in [9.17, 15) is 4.79 Å². The molecule has 3 rings (SSSR count). The van der Waals surface area contributed by atoms with Gasteiger partial charge in [-0.05, 0) is 12.1 Å². The van der Waals surface area contributed by atoms with Crippen molar-refractivity contribution in [2.45, 2.75) is 13.1 Å². The molecule has 2 aromatic rings. The standard InChI is InChI=1S/C16H15N3O2/c20-11-3-5-13-4-1-2-6-14(13)16(21)19-10-9-18-8-7-17-15(18)12-19/h1-2,4,6-8,20H,9-12H2. The fraction of sp³-hybridized carbons (Fsp3) is 0.250. The summed E-state index contributed by atoms with van der Waals surface area (Å²) in [5, 5.41) is 8.81. The maximum Gasteiger partial charge on any atom is 0.255 e. The van der Waals surface area contributed by atoms with Gasteiger partial charge in [-0.2, -0.15) is 0 Å². The summed E-state index contributed by atoms with van der Waals surface area (Å²) in [6, 6.07) is 7.22. The molecule has 0 saturated heterocycles. The minimum Gasteiger partial charge on any atom is -0.384 e. The maximum atomic E-state index is 12.7. The van der Waals surface area contributed by atoms with Crippen molar-refractivity contribution >= 4 is 5.91 Å². The Kier molecular flexibility index (Phi) is 3.71. The lowest BCUT2D eigenvalue weighted by atomic mass is 10.1. The van der Waals surface area contributed by atoms with Crippen LogP contribution in [0.1, 0.15) is 21.7 Å². The van der Waals surface area contributed by atoms with Crippen molar-refractivity contribution in [1.82, 2.24) is 14.5 Å². The molecule has 1 aromatic carbocycles. The van der Waals surface area contributed by atoms with E-state index in [0.29, 0.717) is 24.2 Å². The lowest BCUT2D eigenvalue weighted by Crippen LogP contribution is -2.38. The van der Waals surface area contributed by atoms with Gasteiger partial charge in [0, 0.05) is 31.0 Å². The third-order valence-electron chi connectivity index (χ3n) is 3.49. The Hall–Kier alpha value is -2.58. The molecule has 1 N–H and O–H groups in total. The molecule has 0 bridgehead atoms. The second kappa shape index (κ2) is 5.81. The first-order valence-electron chi connectivity index (χ1n) is 6.77. The van der Waals surface area contributed by atoms with Crippen LogP contribution < -0.4 is 0 Å². The molecule has 0 fully saturated rings. The van der Waals surface area contributed by atoms with Gasteiger partial charge < -0.3 is 14.6 Å². The Labute approximate surface area is 122 Å². The normalized spacial score (nSPS) is 13.3. The molecule has 0 aliphatic carbocycles. The number of hydrogen-bond donors (Lipinski definition) is 1. The van der Waals surface area contributed by atoms with Gasteiger partial charge in [-0.3, -0.25) is 4.79 Å². The van der Waals surface area contributed by atoms with Crippen LogP contribution in [-0.2, 0) is 13.1 Å². The van der Waals surface area contributed by atoms with Crippen LogP contribution in [0.2, 0.25) is 0 Å². The summed E-state index contributed by atoms with van der Waals surface area (Å²) in [7, 11) is 0. The smallest absolute Gasteiger partial charge is 0.255 e. The third kappa shape index (κ3) is 2.67. The van der Waals surface area contributed by atoms with Crippen LogP contribution in [0.25, 0.3) is 0 Å². The molecule has 0 radical (unpaired) electrons. The molecule has 0 spiro atoms. The molecular weight excluding hydrogens is 266 g/mol. The third-order valence-corrected chi connectivity index (χ3v) is 3.49. The number of hydrogen-bond acceptors (Lipinski definition) is 3. The first-order chi connectivity index (χ1) is 10.3. The molecule has 5 heteroatoms. The van der Waals surface area contributed by atoms with Crippen LogP contribution in [-0.4, -0.2) is 38.6 Å². The number of carbonyl (C=O) groups excluding carboxylic acids is 1. The van der Waals surface area contributed by atoms with Crippen molar-refractivity contribution in [3.63, 3.8) is 0 Å². The molecule has 106 valence electrons. The minimum absolute atomic E-state index is 0.0490. The van der Waals surface area contributed by atoms with Crippen molar-refractivity contribution in [3.8, 4) is 11.8 Å².